The number of anilines is 1. The zero-order chi connectivity index (χ0) is 16.5. The number of hydrogen-bond donors (Lipinski definition) is 0. The highest BCUT2D eigenvalue weighted by Crippen LogP contribution is 2.26. The summed E-state index contributed by atoms with van der Waals surface area (Å²) in [6.45, 7) is 3.44. The van der Waals surface area contributed by atoms with Crippen LogP contribution in [0.1, 0.15) is 15.5 Å². The van der Waals surface area contributed by atoms with Crippen molar-refractivity contribution in [1.82, 2.24) is 25.0 Å². The molecule has 0 spiro atoms. The zero-order valence-electron chi connectivity index (χ0n) is 13.4. The Morgan fingerprint density at radius 1 is 1.21 bits per heavy atom. The van der Waals surface area contributed by atoms with E-state index < -0.39 is 0 Å². The van der Waals surface area contributed by atoms with Gasteiger partial charge in [0, 0.05) is 16.8 Å². The van der Waals surface area contributed by atoms with Crippen LogP contribution in [0.2, 0.25) is 0 Å². The van der Waals surface area contributed by atoms with E-state index in [4.69, 9.17) is 4.42 Å². The predicted molar refractivity (Wildman–Crippen MR) is 91.8 cm³/mol. The van der Waals surface area contributed by atoms with E-state index in [0.717, 1.165) is 18.1 Å². The Hall–Kier alpha value is -2.74. The van der Waals surface area contributed by atoms with E-state index in [-0.39, 0.29) is 0 Å². The van der Waals surface area contributed by atoms with Crippen molar-refractivity contribution in [1.29, 1.82) is 0 Å². The van der Waals surface area contributed by atoms with Gasteiger partial charge in [-0.15, -0.1) is 16.4 Å². The van der Waals surface area contributed by atoms with E-state index in [0.29, 0.717) is 17.7 Å². The van der Waals surface area contributed by atoms with Gasteiger partial charge in [-0.25, -0.2) is 14.6 Å². The van der Waals surface area contributed by atoms with Crippen molar-refractivity contribution in [2.75, 3.05) is 4.90 Å². The van der Waals surface area contributed by atoms with Gasteiger partial charge in [-0.1, -0.05) is 5.21 Å². The first kappa shape index (κ1) is 14.8. The highest BCUT2D eigenvalue weighted by Gasteiger charge is 2.18. The monoisotopic (exact) mass is 340 g/mol. The zero-order valence-corrected chi connectivity index (χ0v) is 14.2. The molecule has 0 aromatic carbocycles. The fourth-order valence-electron chi connectivity index (χ4n) is 2.63. The van der Waals surface area contributed by atoms with Gasteiger partial charge >= 0.3 is 0 Å². The van der Waals surface area contributed by atoms with Crippen LogP contribution in [0.15, 0.2) is 41.3 Å². The van der Waals surface area contributed by atoms with Gasteiger partial charge in [0.2, 0.25) is 0 Å². The molecule has 4 aromatic heterocycles. The maximum Gasteiger partial charge on any atom is 0.183 e. The Morgan fingerprint density at radius 3 is 2.88 bits per heavy atom. The lowest BCUT2D eigenvalue weighted by atomic mass is 10.3. The molecule has 0 unspecified atom stereocenters. The largest absolute Gasteiger partial charge is 0.467 e. The lowest BCUT2D eigenvalue weighted by Crippen LogP contribution is -2.23. The number of rotatable bonds is 5. The second-order valence-electron chi connectivity index (χ2n) is 5.53. The molecule has 0 atom stereocenters. The number of thiophene rings is 1. The Labute approximate surface area is 142 Å². The molecule has 0 saturated heterocycles. The molecule has 24 heavy (non-hydrogen) atoms. The van der Waals surface area contributed by atoms with E-state index in [1.807, 2.05) is 19.2 Å². The quantitative estimate of drug-likeness (QED) is 0.556. The maximum absolute atomic E-state index is 5.52. The summed E-state index contributed by atoms with van der Waals surface area (Å²) in [7, 11) is 1.83. The number of nitrogens with zero attached hydrogens (tertiary/aromatic N) is 6. The number of furan rings is 1. The topological polar surface area (TPSA) is 72.9 Å². The highest BCUT2D eigenvalue weighted by molar-refractivity contribution is 7.11. The fraction of sp³-hybridized carbons (Fsp3) is 0.250. The van der Waals surface area contributed by atoms with E-state index in [1.165, 1.54) is 9.75 Å². The van der Waals surface area contributed by atoms with Crippen LogP contribution in [-0.4, -0.2) is 25.0 Å². The smallest absolute Gasteiger partial charge is 0.183 e. The normalized spacial score (nSPS) is 11.2. The Morgan fingerprint density at radius 2 is 2.12 bits per heavy atom. The summed E-state index contributed by atoms with van der Waals surface area (Å²) >= 11 is 1.78. The summed E-state index contributed by atoms with van der Waals surface area (Å²) in [5, 5.41) is 8.30. The average Bonchev–Trinajstić information content (AvgIpc) is 3.30. The summed E-state index contributed by atoms with van der Waals surface area (Å²) in [6.07, 6.45) is 3.23. The van der Waals surface area contributed by atoms with Crippen molar-refractivity contribution in [2.45, 2.75) is 20.0 Å². The molecule has 4 aromatic rings. The molecule has 4 rings (SSSR count). The first-order valence-corrected chi connectivity index (χ1v) is 8.35. The molecule has 8 heteroatoms. The van der Waals surface area contributed by atoms with E-state index in [1.54, 1.807) is 28.6 Å². The third kappa shape index (κ3) is 2.76. The summed E-state index contributed by atoms with van der Waals surface area (Å²) in [4.78, 5) is 13.4. The molecule has 0 N–H and O–H groups in total. The highest BCUT2D eigenvalue weighted by atomic mass is 32.1. The summed E-state index contributed by atoms with van der Waals surface area (Å²) in [5.74, 6) is 1.63. The number of aryl methyl sites for hydroxylation is 2. The van der Waals surface area contributed by atoms with Gasteiger partial charge < -0.3 is 9.32 Å². The Kier molecular flexibility index (Phi) is 3.73. The lowest BCUT2D eigenvalue weighted by Gasteiger charge is -2.21. The molecular formula is C16H16N6OS. The summed E-state index contributed by atoms with van der Waals surface area (Å²) < 4.78 is 7.18. The number of hydrogen-bond acceptors (Lipinski definition) is 7. The summed E-state index contributed by atoms with van der Waals surface area (Å²) in [5.41, 5.74) is 1.41. The maximum atomic E-state index is 5.52. The van der Waals surface area contributed by atoms with Gasteiger partial charge in [0.15, 0.2) is 17.0 Å². The van der Waals surface area contributed by atoms with Crippen LogP contribution in [0.25, 0.3) is 11.2 Å². The number of aromatic nitrogens is 5. The molecule has 0 fully saturated rings. The van der Waals surface area contributed by atoms with Crippen LogP contribution in [-0.2, 0) is 20.1 Å². The molecule has 0 amide bonds. The van der Waals surface area contributed by atoms with Crippen molar-refractivity contribution >= 4 is 28.3 Å². The van der Waals surface area contributed by atoms with Crippen LogP contribution in [0.3, 0.4) is 0 Å². The molecule has 0 aliphatic carbocycles. The minimum Gasteiger partial charge on any atom is -0.467 e. The minimum absolute atomic E-state index is 0.604. The van der Waals surface area contributed by atoms with Crippen molar-refractivity contribution in [3.05, 3.63) is 52.4 Å². The third-order valence-electron chi connectivity index (χ3n) is 3.74. The van der Waals surface area contributed by atoms with Gasteiger partial charge in [0.1, 0.15) is 12.1 Å². The molecule has 0 radical (unpaired) electrons. The van der Waals surface area contributed by atoms with Gasteiger partial charge in [-0.2, -0.15) is 0 Å². The first-order chi connectivity index (χ1) is 11.7. The van der Waals surface area contributed by atoms with Crippen LogP contribution < -0.4 is 4.90 Å². The van der Waals surface area contributed by atoms with Gasteiger partial charge in [-0.05, 0) is 31.2 Å². The second kappa shape index (κ2) is 6.04. The van der Waals surface area contributed by atoms with Crippen molar-refractivity contribution in [3.63, 3.8) is 0 Å². The van der Waals surface area contributed by atoms with Crippen LogP contribution in [0.4, 0.5) is 5.82 Å². The van der Waals surface area contributed by atoms with Crippen molar-refractivity contribution in [3.8, 4) is 0 Å². The van der Waals surface area contributed by atoms with E-state index in [9.17, 15) is 0 Å². The molecule has 0 saturated carbocycles. The Bertz CT molecular complexity index is 958. The molecule has 0 aliphatic heterocycles. The summed E-state index contributed by atoms with van der Waals surface area (Å²) in [6, 6.07) is 8.12. The second-order valence-corrected chi connectivity index (χ2v) is 6.90. The molecular weight excluding hydrogens is 324 g/mol. The van der Waals surface area contributed by atoms with Crippen LogP contribution in [0.5, 0.6) is 0 Å². The Balaban J connectivity index is 1.75. The van der Waals surface area contributed by atoms with Crippen molar-refractivity contribution in [2.24, 2.45) is 7.05 Å². The van der Waals surface area contributed by atoms with Gasteiger partial charge in [0.25, 0.3) is 0 Å². The standard InChI is InChI=1S/C16H16N6OS/c1-11-5-6-13(24-11)9-22(8-12-4-3-7-23-12)16-14-15(17-10-18-16)21(2)20-19-14/h3-7,10H,8-9H2,1-2H3. The molecule has 122 valence electrons. The first-order valence-electron chi connectivity index (χ1n) is 7.54. The fourth-order valence-corrected chi connectivity index (χ4v) is 3.53. The predicted octanol–water partition coefficient (Wildman–Crippen LogP) is 2.93. The lowest BCUT2D eigenvalue weighted by molar-refractivity contribution is 0.501. The SMILES string of the molecule is Cc1ccc(CN(Cc2ccco2)c2ncnc3c2nnn3C)s1. The average molecular weight is 340 g/mol. The van der Waals surface area contributed by atoms with Crippen LogP contribution >= 0.6 is 11.3 Å². The molecule has 0 bridgehead atoms. The van der Waals surface area contributed by atoms with E-state index >= 15 is 0 Å². The number of fused-ring (bicyclic) bond motifs is 1. The minimum atomic E-state index is 0.604. The van der Waals surface area contributed by atoms with Crippen LogP contribution in [0, 0.1) is 6.92 Å². The van der Waals surface area contributed by atoms with E-state index in [2.05, 4.69) is 44.2 Å². The van der Waals surface area contributed by atoms with Gasteiger partial charge in [0.05, 0.1) is 19.4 Å². The molecule has 4 heterocycles. The van der Waals surface area contributed by atoms with Crippen molar-refractivity contribution < 1.29 is 4.42 Å². The molecule has 0 aliphatic rings. The third-order valence-corrected chi connectivity index (χ3v) is 4.72. The van der Waals surface area contributed by atoms with Gasteiger partial charge in [-0.3, -0.25) is 0 Å². The molecule has 7 nitrogen and oxygen atoms in total.